The number of hydrogen-bond acceptors (Lipinski definition) is 4. The van der Waals surface area contributed by atoms with Gasteiger partial charge in [0.1, 0.15) is 12.4 Å². The maximum Gasteiger partial charge on any atom is 0.130 e. The minimum atomic E-state index is 0.511. The minimum Gasteiger partial charge on any atom is -0.487 e. The van der Waals surface area contributed by atoms with E-state index in [9.17, 15) is 0 Å². The number of rotatable bonds is 6. The summed E-state index contributed by atoms with van der Waals surface area (Å²) in [5.41, 5.74) is 2.27. The zero-order valence-corrected chi connectivity index (χ0v) is 15.4. The third-order valence-corrected chi connectivity index (χ3v) is 4.88. The highest BCUT2D eigenvalue weighted by Gasteiger charge is 2.19. The molecule has 1 aromatic carbocycles. The predicted octanol–water partition coefficient (Wildman–Crippen LogP) is 3.58. The Morgan fingerprint density at radius 1 is 1.16 bits per heavy atom. The molecule has 1 atom stereocenters. The maximum atomic E-state index is 5.92. The number of nitrogens with zero attached hydrogens (tertiary/aromatic N) is 3. The van der Waals surface area contributed by atoms with E-state index >= 15 is 0 Å². The van der Waals surface area contributed by atoms with Crippen molar-refractivity contribution in [3.05, 3.63) is 59.9 Å². The number of likely N-dealkylation sites (tertiary alicyclic amines) is 1. The summed E-state index contributed by atoms with van der Waals surface area (Å²) < 4.78 is 5.92. The zero-order chi connectivity index (χ0) is 17.5. The highest BCUT2D eigenvalue weighted by Crippen LogP contribution is 2.19. The van der Waals surface area contributed by atoms with E-state index in [2.05, 4.69) is 47.1 Å². The van der Waals surface area contributed by atoms with Crippen molar-refractivity contribution >= 4 is 0 Å². The van der Waals surface area contributed by atoms with E-state index in [-0.39, 0.29) is 0 Å². The van der Waals surface area contributed by atoms with Crippen LogP contribution in [0, 0.1) is 0 Å². The molecule has 0 unspecified atom stereocenters. The molecule has 2 heterocycles. The summed E-state index contributed by atoms with van der Waals surface area (Å²) in [5.74, 6) is 0.919. The summed E-state index contributed by atoms with van der Waals surface area (Å²) in [6.07, 6.45) is 5.72. The van der Waals surface area contributed by atoms with Crippen LogP contribution in [0.3, 0.4) is 0 Å². The fourth-order valence-corrected chi connectivity index (χ4v) is 3.39. The van der Waals surface area contributed by atoms with E-state index in [1.165, 1.54) is 31.4 Å². The van der Waals surface area contributed by atoms with E-state index in [1.807, 2.05) is 24.3 Å². The lowest BCUT2D eigenvalue weighted by Crippen LogP contribution is -2.38. The van der Waals surface area contributed by atoms with Gasteiger partial charge in [0.05, 0.1) is 5.69 Å². The number of aromatic nitrogens is 1. The van der Waals surface area contributed by atoms with E-state index in [0.717, 1.165) is 24.5 Å². The third-order valence-electron chi connectivity index (χ3n) is 4.88. The van der Waals surface area contributed by atoms with Crippen molar-refractivity contribution in [3.8, 4) is 5.75 Å². The van der Waals surface area contributed by atoms with Gasteiger partial charge in [0.15, 0.2) is 0 Å². The molecule has 0 aliphatic carbocycles. The highest BCUT2D eigenvalue weighted by molar-refractivity contribution is 5.28. The van der Waals surface area contributed by atoms with Gasteiger partial charge in [-0.15, -0.1) is 0 Å². The largest absolute Gasteiger partial charge is 0.487 e. The van der Waals surface area contributed by atoms with Gasteiger partial charge in [0.2, 0.25) is 0 Å². The van der Waals surface area contributed by atoms with Crippen LogP contribution >= 0.6 is 0 Å². The first-order chi connectivity index (χ1) is 12.2. The molecule has 0 amide bonds. The van der Waals surface area contributed by atoms with Crippen molar-refractivity contribution < 1.29 is 4.74 Å². The van der Waals surface area contributed by atoms with Crippen LogP contribution in [-0.4, -0.2) is 48.0 Å². The van der Waals surface area contributed by atoms with Crippen molar-refractivity contribution in [1.82, 2.24) is 14.8 Å². The second kappa shape index (κ2) is 8.97. The van der Waals surface area contributed by atoms with Gasteiger partial charge in [0.25, 0.3) is 0 Å². The fraction of sp³-hybridized carbons (Fsp3) is 0.476. The molecule has 0 saturated carbocycles. The fourth-order valence-electron chi connectivity index (χ4n) is 3.39. The van der Waals surface area contributed by atoms with Crippen LogP contribution in [0.15, 0.2) is 48.7 Å². The van der Waals surface area contributed by atoms with E-state index < -0.39 is 0 Å². The number of hydrogen-bond donors (Lipinski definition) is 0. The lowest BCUT2D eigenvalue weighted by atomic mass is 10.1. The molecule has 1 aromatic heterocycles. The number of likely N-dealkylation sites (N-methyl/N-ethyl adjacent to an activating group) is 1. The molecule has 1 fully saturated rings. The summed E-state index contributed by atoms with van der Waals surface area (Å²) in [4.78, 5) is 9.25. The second-order valence-corrected chi connectivity index (χ2v) is 7.11. The number of ether oxygens (including phenoxy) is 1. The molecule has 0 radical (unpaired) electrons. The topological polar surface area (TPSA) is 28.6 Å². The average Bonchev–Trinajstić information content (AvgIpc) is 2.87. The van der Waals surface area contributed by atoms with Gasteiger partial charge in [-0.2, -0.15) is 0 Å². The van der Waals surface area contributed by atoms with Gasteiger partial charge in [-0.25, -0.2) is 0 Å². The molecule has 1 aliphatic heterocycles. The van der Waals surface area contributed by atoms with E-state index in [1.54, 1.807) is 6.20 Å². The van der Waals surface area contributed by atoms with Crippen LogP contribution in [0.4, 0.5) is 0 Å². The van der Waals surface area contributed by atoms with Gasteiger partial charge < -0.3 is 9.64 Å². The first-order valence-electron chi connectivity index (χ1n) is 9.21. The van der Waals surface area contributed by atoms with Crippen molar-refractivity contribution in [2.75, 3.05) is 27.2 Å². The van der Waals surface area contributed by atoms with Crippen molar-refractivity contribution in [2.24, 2.45) is 0 Å². The normalized spacial score (nSPS) is 18.9. The summed E-state index contributed by atoms with van der Waals surface area (Å²) >= 11 is 0. The lowest BCUT2D eigenvalue weighted by molar-refractivity contribution is 0.191. The molecular formula is C21H29N3O. The minimum absolute atomic E-state index is 0.511. The highest BCUT2D eigenvalue weighted by atomic mass is 16.5. The molecule has 1 saturated heterocycles. The van der Waals surface area contributed by atoms with Crippen LogP contribution < -0.4 is 4.74 Å². The first kappa shape index (κ1) is 17.9. The van der Waals surface area contributed by atoms with Gasteiger partial charge in [0, 0.05) is 25.3 Å². The maximum absolute atomic E-state index is 5.92. The van der Waals surface area contributed by atoms with Gasteiger partial charge in [-0.3, -0.25) is 9.88 Å². The molecule has 1 aliphatic rings. The molecule has 0 spiro atoms. The molecule has 4 nitrogen and oxygen atoms in total. The summed E-state index contributed by atoms with van der Waals surface area (Å²) in [6, 6.07) is 15.0. The molecule has 134 valence electrons. The second-order valence-electron chi connectivity index (χ2n) is 7.11. The van der Waals surface area contributed by atoms with E-state index in [4.69, 9.17) is 4.74 Å². The zero-order valence-electron chi connectivity index (χ0n) is 15.4. The van der Waals surface area contributed by atoms with Gasteiger partial charge >= 0.3 is 0 Å². The van der Waals surface area contributed by atoms with Crippen molar-refractivity contribution in [3.63, 3.8) is 0 Å². The third kappa shape index (κ3) is 5.55. The first-order valence-corrected chi connectivity index (χ1v) is 9.21. The predicted molar refractivity (Wildman–Crippen MR) is 102 cm³/mol. The average molecular weight is 339 g/mol. The standard InChI is InChI=1S/C21H29N3O/c1-23(2)20-10-4-6-13-24(16-20)15-18-8-7-11-21(14-18)25-17-19-9-3-5-12-22-19/h3,5,7-9,11-12,14,20H,4,6,10,13,15-17H2,1-2H3/t20-/m0/s1. The molecule has 4 heteroatoms. The monoisotopic (exact) mass is 339 g/mol. The molecule has 3 rings (SSSR count). The Bertz CT molecular complexity index is 645. The summed E-state index contributed by atoms with van der Waals surface area (Å²) in [5, 5.41) is 0. The number of pyridine rings is 1. The lowest BCUT2D eigenvalue weighted by Gasteiger charge is -2.28. The molecule has 0 N–H and O–H groups in total. The Hall–Kier alpha value is -1.91. The molecule has 2 aromatic rings. The van der Waals surface area contributed by atoms with E-state index in [0.29, 0.717) is 12.6 Å². The van der Waals surface area contributed by atoms with Crippen molar-refractivity contribution in [1.29, 1.82) is 0 Å². The van der Waals surface area contributed by atoms with Crippen molar-refractivity contribution in [2.45, 2.75) is 38.5 Å². The number of benzene rings is 1. The SMILES string of the molecule is CN(C)[C@H]1CCCCN(Cc2cccc(OCc3ccccn3)c2)C1. The van der Waals surface area contributed by atoms with Crippen LogP contribution in [0.5, 0.6) is 5.75 Å². The molecule has 25 heavy (non-hydrogen) atoms. The Labute approximate surface area is 151 Å². The summed E-state index contributed by atoms with van der Waals surface area (Å²) in [7, 11) is 4.39. The van der Waals surface area contributed by atoms with Crippen LogP contribution in [0.25, 0.3) is 0 Å². The Morgan fingerprint density at radius 3 is 2.88 bits per heavy atom. The van der Waals surface area contributed by atoms with Crippen LogP contribution in [0.2, 0.25) is 0 Å². The van der Waals surface area contributed by atoms with Crippen LogP contribution in [0.1, 0.15) is 30.5 Å². The van der Waals surface area contributed by atoms with Gasteiger partial charge in [-0.1, -0.05) is 24.6 Å². The Morgan fingerprint density at radius 2 is 2.08 bits per heavy atom. The molecular weight excluding hydrogens is 310 g/mol. The molecule has 0 bridgehead atoms. The van der Waals surface area contributed by atoms with Crippen LogP contribution in [-0.2, 0) is 13.2 Å². The Balaban J connectivity index is 1.59. The Kier molecular flexibility index (Phi) is 6.42. The van der Waals surface area contributed by atoms with Gasteiger partial charge in [-0.05, 0) is 63.3 Å². The smallest absolute Gasteiger partial charge is 0.130 e. The summed E-state index contributed by atoms with van der Waals surface area (Å²) in [6.45, 7) is 3.83. The quantitative estimate of drug-likeness (QED) is 0.804.